The molecule has 1 aliphatic carbocycles. The van der Waals surface area contributed by atoms with E-state index >= 15 is 0 Å². The van der Waals surface area contributed by atoms with E-state index in [2.05, 4.69) is 0 Å². The molecule has 10 heavy (non-hydrogen) atoms. The fourth-order valence-electron chi connectivity index (χ4n) is 0.955. The molecular formula is C6H8F2O2. The maximum absolute atomic E-state index is 12.4. The highest BCUT2D eigenvalue weighted by atomic mass is 19.3. The van der Waals surface area contributed by atoms with Gasteiger partial charge in [-0.25, -0.2) is 0 Å². The fourth-order valence-corrected chi connectivity index (χ4v) is 0.955. The van der Waals surface area contributed by atoms with Gasteiger partial charge in [0, 0.05) is 0 Å². The van der Waals surface area contributed by atoms with E-state index in [9.17, 15) is 13.6 Å². The van der Waals surface area contributed by atoms with Gasteiger partial charge in [-0.3, -0.25) is 4.79 Å². The van der Waals surface area contributed by atoms with Gasteiger partial charge in [-0.15, -0.1) is 0 Å². The van der Waals surface area contributed by atoms with Gasteiger partial charge in [0.05, 0.1) is 0 Å². The first-order valence-corrected chi connectivity index (χ1v) is 3.08. The van der Waals surface area contributed by atoms with Crippen LogP contribution in [-0.2, 0) is 4.79 Å². The van der Waals surface area contributed by atoms with Crippen molar-refractivity contribution in [1.82, 2.24) is 0 Å². The molecule has 1 fully saturated rings. The Balaban J connectivity index is 2.70. The zero-order chi connectivity index (χ0) is 7.83. The second-order valence-corrected chi connectivity index (χ2v) is 2.63. The minimum absolute atomic E-state index is 0.0265. The van der Waals surface area contributed by atoms with Crippen molar-refractivity contribution in [2.45, 2.75) is 30.8 Å². The average Bonchev–Trinajstić information content (AvgIpc) is 1.82. The first-order chi connectivity index (χ1) is 4.52. The van der Waals surface area contributed by atoms with E-state index in [1.54, 1.807) is 0 Å². The SMILES string of the molecule is O=CC(F)(F)C1(O)CCC1. The summed E-state index contributed by atoms with van der Waals surface area (Å²) in [6.45, 7) is 0. The number of rotatable bonds is 2. The number of carbonyl (C=O) groups is 1. The maximum atomic E-state index is 12.4. The van der Waals surface area contributed by atoms with Gasteiger partial charge >= 0.3 is 5.92 Å². The Hall–Kier alpha value is -0.510. The van der Waals surface area contributed by atoms with Gasteiger partial charge in [0.1, 0.15) is 5.60 Å². The van der Waals surface area contributed by atoms with E-state index in [0.29, 0.717) is 6.42 Å². The molecule has 0 bridgehead atoms. The lowest BCUT2D eigenvalue weighted by atomic mass is 9.76. The van der Waals surface area contributed by atoms with E-state index in [4.69, 9.17) is 5.11 Å². The number of alkyl halides is 2. The van der Waals surface area contributed by atoms with Crippen LogP contribution >= 0.6 is 0 Å². The highest BCUT2D eigenvalue weighted by Gasteiger charge is 2.56. The van der Waals surface area contributed by atoms with Crippen LogP contribution in [0, 0.1) is 0 Å². The van der Waals surface area contributed by atoms with E-state index in [1.165, 1.54) is 0 Å². The predicted molar refractivity (Wildman–Crippen MR) is 29.8 cm³/mol. The van der Waals surface area contributed by atoms with E-state index in [-0.39, 0.29) is 12.8 Å². The molecule has 0 unspecified atom stereocenters. The number of carbonyl (C=O) groups excluding carboxylic acids is 1. The van der Waals surface area contributed by atoms with Gasteiger partial charge in [-0.05, 0) is 19.3 Å². The molecular weight excluding hydrogens is 142 g/mol. The highest BCUT2D eigenvalue weighted by Crippen LogP contribution is 2.42. The zero-order valence-corrected chi connectivity index (χ0v) is 5.31. The van der Waals surface area contributed by atoms with Crippen molar-refractivity contribution in [1.29, 1.82) is 0 Å². The lowest BCUT2D eigenvalue weighted by molar-refractivity contribution is -0.204. The Bertz CT molecular complexity index is 152. The van der Waals surface area contributed by atoms with E-state index in [0.717, 1.165) is 0 Å². The highest BCUT2D eigenvalue weighted by molar-refractivity contribution is 5.62. The lowest BCUT2D eigenvalue weighted by Gasteiger charge is -2.39. The van der Waals surface area contributed by atoms with E-state index in [1.807, 2.05) is 0 Å². The van der Waals surface area contributed by atoms with Crippen molar-refractivity contribution in [2.24, 2.45) is 0 Å². The molecule has 0 saturated heterocycles. The first kappa shape index (κ1) is 7.60. The topological polar surface area (TPSA) is 37.3 Å². The number of hydrogen-bond donors (Lipinski definition) is 1. The summed E-state index contributed by atoms with van der Waals surface area (Å²) in [5, 5.41) is 8.96. The molecule has 0 atom stereocenters. The summed E-state index contributed by atoms with van der Waals surface area (Å²) in [6.07, 6.45) is 0.142. The molecule has 1 rings (SSSR count). The summed E-state index contributed by atoms with van der Waals surface area (Å²) in [4.78, 5) is 9.76. The minimum atomic E-state index is -3.55. The Morgan fingerprint density at radius 1 is 1.50 bits per heavy atom. The fraction of sp³-hybridized carbons (Fsp3) is 0.833. The number of hydrogen-bond acceptors (Lipinski definition) is 2. The third-order valence-electron chi connectivity index (χ3n) is 1.95. The Morgan fingerprint density at radius 2 is 2.00 bits per heavy atom. The van der Waals surface area contributed by atoms with Crippen LogP contribution in [0.1, 0.15) is 19.3 Å². The molecule has 1 saturated carbocycles. The molecule has 0 aromatic rings. The van der Waals surface area contributed by atoms with Gasteiger partial charge in [0.15, 0.2) is 6.29 Å². The average molecular weight is 150 g/mol. The Labute approximate surface area is 56.8 Å². The van der Waals surface area contributed by atoms with Crippen LogP contribution in [-0.4, -0.2) is 22.9 Å². The summed E-state index contributed by atoms with van der Waals surface area (Å²) >= 11 is 0. The van der Waals surface area contributed by atoms with Crippen molar-refractivity contribution in [2.75, 3.05) is 0 Å². The van der Waals surface area contributed by atoms with Crippen LogP contribution < -0.4 is 0 Å². The van der Waals surface area contributed by atoms with Crippen molar-refractivity contribution >= 4 is 6.29 Å². The largest absolute Gasteiger partial charge is 0.383 e. The third-order valence-corrected chi connectivity index (χ3v) is 1.95. The van der Waals surface area contributed by atoms with Crippen LogP contribution in [0.15, 0.2) is 0 Å². The van der Waals surface area contributed by atoms with Crippen molar-refractivity contribution in [3.8, 4) is 0 Å². The van der Waals surface area contributed by atoms with E-state index < -0.39 is 17.8 Å². The van der Waals surface area contributed by atoms with Crippen LogP contribution in [0.3, 0.4) is 0 Å². The Kier molecular flexibility index (Phi) is 1.51. The third kappa shape index (κ3) is 0.831. The number of aldehydes is 1. The normalized spacial score (nSPS) is 23.5. The molecule has 0 spiro atoms. The van der Waals surface area contributed by atoms with Gasteiger partial charge < -0.3 is 5.11 Å². The molecule has 1 aliphatic rings. The predicted octanol–water partition coefficient (Wildman–Crippen LogP) is 0.736. The molecule has 0 amide bonds. The maximum Gasteiger partial charge on any atom is 0.330 e. The minimum Gasteiger partial charge on any atom is -0.383 e. The summed E-state index contributed by atoms with van der Waals surface area (Å²) in [5.41, 5.74) is -2.03. The molecule has 58 valence electrons. The molecule has 0 heterocycles. The van der Waals surface area contributed by atoms with Crippen LogP contribution in [0.2, 0.25) is 0 Å². The van der Waals surface area contributed by atoms with Crippen molar-refractivity contribution in [3.05, 3.63) is 0 Å². The van der Waals surface area contributed by atoms with Crippen LogP contribution in [0.5, 0.6) is 0 Å². The molecule has 0 aliphatic heterocycles. The monoisotopic (exact) mass is 150 g/mol. The van der Waals surface area contributed by atoms with Gasteiger partial charge in [-0.1, -0.05) is 0 Å². The Morgan fingerprint density at radius 3 is 2.10 bits per heavy atom. The lowest BCUT2D eigenvalue weighted by Crippen LogP contribution is -2.54. The zero-order valence-electron chi connectivity index (χ0n) is 5.31. The summed E-state index contributed by atoms with van der Waals surface area (Å²) in [5.74, 6) is -3.55. The summed E-state index contributed by atoms with van der Waals surface area (Å²) in [6, 6.07) is 0. The second kappa shape index (κ2) is 1.99. The quantitative estimate of drug-likeness (QED) is 0.589. The number of aliphatic hydroxyl groups is 1. The molecule has 2 nitrogen and oxygen atoms in total. The molecule has 0 aromatic heterocycles. The molecule has 0 aromatic carbocycles. The second-order valence-electron chi connectivity index (χ2n) is 2.63. The van der Waals surface area contributed by atoms with Gasteiger partial charge in [0.2, 0.25) is 0 Å². The van der Waals surface area contributed by atoms with Crippen molar-refractivity contribution in [3.63, 3.8) is 0 Å². The van der Waals surface area contributed by atoms with Gasteiger partial charge in [-0.2, -0.15) is 8.78 Å². The van der Waals surface area contributed by atoms with Crippen molar-refractivity contribution < 1.29 is 18.7 Å². The molecule has 0 radical (unpaired) electrons. The first-order valence-electron chi connectivity index (χ1n) is 3.08. The summed E-state index contributed by atoms with van der Waals surface area (Å²) < 4.78 is 24.7. The summed E-state index contributed by atoms with van der Waals surface area (Å²) in [7, 11) is 0. The molecule has 4 heteroatoms. The van der Waals surface area contributed by atoms with Crippen LogP contribution in [0.4, 0.5) is 8.78 Å². The van der Waals surface area contributed by atoms with Gasteiger partial charge in [0.25, 0.3) is 0 Å². The smallest absolute Gasteiger partial charge is 0.330 e. The van der Waals surface area contributed by atoms with Crippen LogP contribution in [0.25, 0.3) is 0 Å². The number of halogens is 2. The molecule has 1 N–H and O–H groups in total. The standard InChI is InChI=1S/C6H8F2O2/c7-6(8,4-9)5(10)2-1-3-5/h4,10H,1-3H2.